The molecule has 2 rings (SSSR count). The number of benzene rings is 2. The molecule has 0 fully saturated rings. The zero-order valence-corrected chi connectivity index (χ0v) is 12.1. The molecule has 0 aliphatic carbocycles. The van der Waals surface area contributed by atoms with E-state index in [2.05, 4.69) is 14.7 Å². The van der Waals surface area contributed by atoms with Crippen molar-refractivity contribution in [2.45, 2.75) is 0 Å². The number of oxime groups is 1. The van der Waals surface area contributed by atoms with Crippen molar-refractivity contribution in [2.75, 3.05) is 14.2 Å². The second-order valence-corrected chi connectivity index (χ2v) is 4.14. The van der Waals surface area contributed by atoms with E-state index >= 15 is 0 Å². The molecule has 5 nitrogen and oxygen atoms in total. The minimum atomic E-state index is -0.829. The van der Waals surface area contributed by atoms with Crippen LogP contribution in [0.25, 0.3) is 0 Å². The van der Waals surface area contributed by atoms with E-state index in [4.69, 9.17) is 4.74 Å². The lowest BCUT2D eigenvalue weighted by atomic mass is 10.1. The lowest BCUT2D eigenvalue weighted by Crippen LogP contribution is -2.19. The monoisotopic (exact) mass is 303 g/mol. The number of hydrogen-bond acceptors (Lipinski definition) is 5. The van der Waals surface area contributed by atoms with E-state index in [0.717, 1.165) is 0 Å². The fraction of sp³-hybridized carbons (Fsp3) is 0.125. The number of carbonyl (C=O) groups excluding carboxylic acids is 1. The summed E-state index contributed by atoms with van der Waals surface area (Å²) in [7, 11) is 2.42. The molecule has 0 aromatic heterocycles. The summed E-state index contributed by atoms with van der Waals surface area (Å²) in [5.74, 6) is -0.872. The highest BCUT2D eigenvalue weighted by molar-refractivity contribution is 6.43. The fourth-order valence-corrected chi connectivity index (χ4v) is 1.81. The van der Waals surface area contributed by atoms with Gasteiger partial charge in [0.25, 0.3) is 0 Å². The molecule has 22 heavy (non-hydrogen) atoms. The van der Waals surface area contributed by atoms with Gasteiger partial charge >= 0.3 is 5.97 Å². The van der Waals surface area contributed by atoms with Crippen molar-refractivity contribution < 1.29 is 23.5 Å². The Morgan fingerprint density at radius 2 is 1.77 bits per heavy atom. The molecule has 0 saturated carbocycles. The topological polar surface area (TPSA) is 57.1 Å². The average molecular weight is 303 g/mol. The van der Waals surface area contributed by atoms with Crippen LogP contribution in [0.1, 0.15) is 5.56 Å². The first-order valence-electron chi connectivity index (χ1n) is 6.38. The van der Waals surface area contributed by atoms with Crippen LogP contribution >= 0.6 is 0 Å². The standard InChI is InChI=1S/C16H14FNO4/c1-20-16(19)15(18-21-2)14-12(17)9-6-10-13(14)22-11-7-4-3-5-8-11/h3-10H,1-2H3/b18-15+. The first-order valence-corrected chi connectivity index (χ1v) is 6.38. The van der Waals surface area contributed by atoms with Crippen molar-refractivity contribution in [3.8, 4) is 11.5 Å². The van der Waals surface area contributed by atoms with Gasteiger partial charge in [0, 0.05) is 0 Å². The summed E-state index contributed by atoms with van der Waals surface area (Å²) < 4.78 is 24.4. The molecule has 0 bridgehead atoms. The van der Waals surface area contributed by atoms with E-state index in [9.17, 15) is 9.18 Å². The minimum absolute atomic E-state index is 0.125. The van der Waals surface area contributed by atoms with Gasteiger partial charge in [-0.15, -0.1) is 0 Å². The van der Waals surface area contributed by atoms with Crippen molar-refractivity contribution in [2.24, 2.45) is 5.16 Å². The van der Waals surface area contributed by atoms with Crippen LogP contribution in [0.15, 0.2) is 53.7 Å². The van der Waals surface area contributed by atoms with Crippen LogP contribution in [-0.2, 0) is 14.4 Å². The summed E-state index contributed by atoms with van der Waals surface area (Å²) >= 11 is 0. The molecule has 6 heteroatoms. The van der Waals surface area contributed by atoms with Crippen LogP contribution in [0.2, 0.25) is 0 Å². The molecule has 0 heterocycles. The van der Waals surface area contributed by atoms with Gasteiger partial charge < -0.3 is 14.3 Å². The highest BCUT2D eigenvalue weighted by Gasteiger charge is 2.24. The van der Waals surface area contributed by atoms with Crippen LogP contribution < -0.4 is 4.74 Å². The Balaban J connectivity index is 2.50. The second kappa shape index (κ2) is 7.21. The van der Waals surface area contributed by atoms with E-state index in [1.165, 1.54) is 32.4 Å². The molecular weight excluding hydrogens is 289 g/mol. The van der Waals surface area contributed by atoms with E-state index in [1.807, 2.05) is 6.07 Å². The Morgan fingerprint density at radius 3 is 2.41 bits per heavy atom. The Labute approximate surface area is 126 Å². The maximum absolute atomic E-state index is 14.2. The smallest absolute Gasteiger partial charge is 0.361 e. The molecule has 0 saturated heterocycles. The third kappa shape index (κ3) is 3.41. The van der Waals surface area contributed by atoms with E-state index in [1.54, 1.807) is 24.3 Å². The molecule has 0 aliphatic heterocycles. The molecule has 0 radical (unpaired) electrons. The number of carbonyl (C=O) groups is 1. The molecule has 0 spiro atoms. The number of para-hydroxylation sites is 1. The Bertz CT molecular complexity index is 686. The van der Waals surface area contributed by atoms with Gasteiger partial charge in [0.15, 0.2) is 0 Å². The summed E-state index contributed by atoms with van der Waals surface area (Å²) in [6.07, 6.45) is 0. The minimum Gasteiger partial charge on any atom is -0.464 e. The maximum Gasteiger partial charge on any atom is 0.361 e. The SMILES string of the molecule is CO/N=C(/C(=O)OC)c1c(F)cccc1Oc1ccccc1. The van der Waals surface area contributed by atoms with Gasteiger partial charge in [0.1, 0.15) is 24.4 Å². The van der Waals surface area contributed by atoms with Crippen LogP contribution in [0, 0.1) is 5.82 Å². The second-order valence-electron chi connectivity index (χ2n) is 4.14. The fourth-order valence-electron chi connectivity index (χ4n) is 1.81. The summed E-state index contributed by atoms with van der Waals surface area (Å²) in [5, 5.41) is 3.55. The molecule has 114 valence electrons. The Kier molecular flexibility index (Phi) is 5.08. The maximum atomic E-state index is 14.2. The highest BCUT2D eigenvalue weighted by atomic mass is 19.1. The Hall–Kier alpha value is -2.89. The number of esters is 1. The molecular formula is C16H14FNO4. The normalized spacial score (nSPS) is 11.0. The van der Waals surface area contributed by atoms with Crippen LogP contribution in [0.5, 0.6) is 11.5 Å². The number of methoxy groups -OCH3 is 1. The zero-order valence-electron chi connectivity index (χ0n) is 12.1. The van der Waals surface area contributed by atoms with Crippen molar-refractivity contribution in [3.05, 3.63) is 59.9 Å². The molecule has 2 aromatic carbocycles. The van der Waals surface area contributed by atoms with E-state index < -0.39 is 11.8 Å². The molecule has 0 amide bonds. The Morgan fingerprint density at radius 1 is 1.05 bits per heavy atom. The first-order chi connectivity index (χ1) is 10.7. The summed E-state index contributed by atoms with van der Waals surface area (Å²) in [4.78, 5) is 16.4. The number of ether oxygens (including phenoxy) is 2. The highest BCUT2D eigenvalue weighted by Crippen LogP contribution is 2.28. The zero-order chi connectivity index (χ0) is 15.9. The van der Waals surface area contributed by atoms with Gasteiger partial charge in [-0.05, 0) is 24.3 Å². The quantitative estimate of drug-likeness (QED) is 0.484. The average Bonchev–Trinajstić information content (AvgIpc) is 2.54. The van der Waals surface area contributed by atoms with Gasteiger partial charge in [-0.1, -0.05) is 29.4 Å². The largest absolute Gasteiger partial charge is 0.464 e. The molecule has 0 unspecified atom stereocenters. The van der Waals surface area contributed by atoms with Gasteiger partial charge in [0.2, 0.25) is 5.71 Å². The predicted octanol–water partition coefficient (Wildman–Crippen LogP) is 3.14. The molecule has 0 N–H and O–H groups in total. The van der Waals surface area contributed by atoms with E-state index in [0.29, 0.717) is 5.75 Å². The lowest BCUT2D eigenvalue weighted by molar-refractivity contribution is -0.132. The van der Waals surface area contributed by atoms with Gasteiger partial charge in [-0.3, -0.25) is 0 Å². The summed E-state index contributed by atoms with van der Waals surface area (Å²) in [6.45, 7) is 0. The van der Waals surface area contributed by atoms with E-state index in [-0.39, 0.29) is 17.0 Å². The predicted molar refractivity (Wildman–Crippen MR) is 78.5 cm³/mol. The van der Waals surface area contributed by atoms with Gasteiger partial charge in [-0.25, -0.2) is 9.18 Å². The number of halogens is 1. The van der Waals surface area contributed by atoms with Gasteiger partial charge in [0.05, 0.1) is 12.7 Å². The van der Waals surface area contributed by atoms with Gasteiger partial charge in [-0.2, -0.15) is 0 Å². The van der Waals surface area contributed by atoms with Crippen molar-refractivity contribution in [3.63, 3.8) is 0 Å². The molecule has 0 aliphatic rings. The number of hydrogen-bond donors (Lipinski definition) is 0. The number of nitrogens with zero attached hydrogens (tertiary/aromatic N) is 1. The lowest BCUT2D eigenvalue weighted by Gasteiger charge is -2.12. The third-order valence-corrected chi connectivity index (χ3v) is 2.74. The summed E-state index contributed by atoms with van der Waals surface area (Å²) in [5.41, 5.74) is -0.436. The summed E-state index contributed by atoms with van der Waals surface area (Å²) in [6, 6.07) is 13.0. The molecule has 2 aromatic rings. The van der Waals surface area contributed by atoms with Crippen molar-refractivity contribution >= 4 is 11.7 Å². The first kappa shape index (κ1) is 15.5. The van der Waals surface area contributed by atoms with Crippen LogP contribution in [0.3, 0.4) is 0 Å². The third-order valence-electron chi connectivity index (χ3n) is 2.74. The molecule has 0 atom stereocenters. The van der Waals surface area contributed by atoms with Crippen LogP contribution in [0.4, 0.5) is 4.39 Å². The van der Waals surface area contributed by atoms with Crippen molar-refractivity contribution in [1.29, 1.82) is 0 Å². The van der Waals surface area contributed by atoms with Crippen molar-refractivity contribution in [1.82, 2.24) is 0 Å². The number of rotatable bonds is 5. The van der Waals surface area contributed by atoms with Crippen LogP contribution in [-0.4, -0.2) is 25.9 Å².